The summed E-state index contributed by atoms with van der Waals surface area (Å²) in [6.07, 6.45) is 12.4. The van der Waals surface area contributed by atoms with E-state index in [1.165, 1.54) is 0 Å². The second kappa shape index (κ2) is 126. The van der Waals surface area contributed by atoms with E-state index in [2.05, 4.69) is 6.92 Å². The van der Waals surface area contributed by atoms with Crippen molar-refractivity contribution in [2.24, 2.45) is 0 Å². The van der Waals surface area contributed by atoms with Gasteiger partial charge in [0.25, 0.3) is 0 Å². The molecule has 137 heavy (non-hydrogen) atoms. The summed E-state index contributed by atoms with van der Waals surface area (Å²) in [6.45, 7) is 31.9. The zero-order chi connectivity index (χ0) is 105. The first-order valence-corrected chi connectivity index (χ1v) is 47.8. The molecule has 0 rings (SSSR count). The number of hydrogen-bond donors (Lipinski definition) is 17. The van der Waals surface area contributed by atoms with Crippen LogP contribution in [0.15, 0.2) is 0 Å². The maximum atomic E-state index is 10.6. The van der Waals surface area contributed by atoms with Gasteiger partial charge in [0.15, 0.2) is 0 Å². The van der Waals surface area contributed by atoms with E-state index in [4.69, 9.17) is 136 Å². The molecule has 9 atom stereocenters. The molecule has 0 spiro atoms. The fourth-order valence-electron chi connectivity index (χ4n) is 8.81. The first kappa shape index (κ1) is 149. The molecular formula is C92H184O45. The monoisotopic (exact) mass is 2010 g/mol. The number of aliphatic hydroxyl groups excluding tert-OH is 9. The molecule has 17 N–H and O–H groups in total. The number of ether oxygens (including phenoxy) is 19. The minimum Gasteiger partial charge on any atom is -0.481 e. The van der Waals surface area contributed by atoms with Gasteiger partial charge >= 0.3 is 47.8 Å². The molecule has 0 saturated heterocycles. The van der Waals surface area contributed by atoms with E-state index >= 15 is 0 Å². The van der Waals surface area contributed by atoms with Crippen molar-refractivity contribution in [3.05, 3.63) is 0 Å². The Morgan fingerprint density at radius 2 is 0.394 bits per heavy atom. The first-order valence-electron chi connectivity index (χ1n) is 47.8. The molecule has 0 bridgehead atoms. The number of Topliss-reactive ketones (excluding diaryl/α,β-unsaturated/α-hetero) is 1. The lowest BCUT2D eigenvalue weighted by Crippen LogP contribution is -2.24. The van der Waals surface area contributed by atoms with Crippen LogP contribution in [0.2, 0.25) is 0 Å². The summed E-state index contributed by atoms with van der Waals surface area (Å²) in [5.74, 6) is -7.10. The van der Waals surface area contributed by atoms with E-state index in [9.17, 15) is 84.0 Å². The van der Waals surface area contributed by atoms with Crippen LogP contribution in [0, 0.1) is 0 Å². The molecule has 0 heterocycles. The Balaban J connectivity index is -0.000000192. The highest BCUT2D eigenvalue weighted by Gasteiger charge is 2.12. The van der Waals surface area contributed by atoms with E-state index in [0.29, 0.717) is 197 Å². The lowest BCUT2D eigenvalue weighted by atomic mass is 10.1. The molecule has 0 aliphatic carbocycles. The van der Waals surface area contributed by atoms with Crippen molar-refractivity contribution >= 4 is 53.5 Å². The molecular weight excluding hydrogens is 1820 g/mol. The highest BCUT2D eigenvalue weighted by molar-refractivity contribution is 5.75. The second-order valence-corrected chi connectivity index (χ2v) is 30.0. The van der Waals surface area contributed by atoms with Gasteiger partial charge in [-0.3, -0.25) is 33.6 Å². The van der Waals surface area contributed by atoms with Gasteiger partial charge in [-0.05, 0) is 103 Å². The van der Waals surface area contributed by atoms with Crippen LogP contribution in [0.4, 0.5) is 0 Å². The molecule has 0 amide bonds. The number of aliphatic carboxylic acids is 8. The second-order valence-electron chi connectivity index (χ2n) is 30.0. The predicted octanol–water partition coefficient (Wildman–Crippen LogP) is 6.03. The van der Waals surface area contributed by atoms with Gasteiger partial charge in [-0.1, -0.05) is 88.0 Å². The minimum atomic E-state index is -1.05. The Hall–Kier alpha value is -5.69. The quantitative estimate of drug-likeness (QED) is 0.0309. The molecule has 45 nitrogen and oxygen atoms in total. The molecule has 0 aromatic carbocycles. The maximum Gasteiger partial charge on any atom is 0.329 e. The van der Waals surface area contributed by atoms with Crippen LogP contribution in [0.3, 0.4) is 0 Å². The number of aliphatic hydroxyl groups is 9. The van der Waals surface area contributed by atoms with Gasteiger partial charge in [-0.15, -0.1) is 0 Å². The Bertz CT molecular complexity index is 2470. The van der Waals surface area contributed by atoms with Gasteiger partial charge in [0.2, 0.25) is 0 Å². The SMILES string of the molecule is CCC(O)CCCOCCOCC(=O)O.CCC(O)CCCOCCOCCC(C)=O.CCC(O)CCOCCOCCC(=O)O.CCC(O)COCCOCCC(=O)O.CCCC(O)CCOCCOCCC(=O)O.CCCC(O)COCCOCCC(=O)O.CCCCC(O)COCCOCCC(=O)O.CCCOCC(O)COCCC(=O)O.CCCOCCOCC(O)COCC(=O)O. The molecule has 9 unspecified atom stereocenters. The van der Waals surface area contributed by atoms with Crippen molar-refractivity contribution in [3.63, 3.8) is 0 Å². The molecule has 0 saturated carbocycles. The topological polar surface area (TPSA) is 673 Å². The molecule has 0 radical (unpaired) electrons. The van der Waals surface area contributed by atoms with Crippen molar-refractivity contribution in [2.45, 2.75) is 291 Å². The lowest BCUT2D eigenvalue weighted by molar-refractivity contribution is -0.144. The van der Waals surface area contributed by atoms with Crippen LogP contribution in [0.25, 0.3) is 0 Å². The number of carbonyl (C=O) groups excluding carboxylic acids is 1. The van der Waals surface area contributed by atoms with Crippen LogP contribution in [0.5, 0.6) is 0 Å². The first-order chi connectivity index (χ1) is 65.5. The highest BCUT2D eigenvalue weighted by atomic mass is 16.6. The normalized spacial score (nSPS) is 12.7. The third-order valence-corrected chi connectivity index (χ3v) is 16.5. The summed E-state index contributed by atoms with van der Waals surface area (Å²) >= 11 is 0. The summed E-state index contributed by atoms with van der Waals surface area (Å²) in [7, 11) is 0. The zero-order valence-corrected chi connectivity index (χ0v) is 84.0. The van der Waals surface area contributed by atoms with Crippen LogP contribution >= 0.6 is 0 Å². The summed E-state index contributed by atoms with van der Waals surface area (Å²) in [4.78, 5) is 91.3. The van der Waals surface area contributed by atoms with Crippen LogP contribution < -0.4 is 0 Å². The number of carboxylic acids is 8. The van der Waals surface area contributed by atoms with Crippen LogP contribution in [0.1, 0.15) is 236 Å². The summed E-state index contributed by atoms with van der Waals surface area (Å²) < 4.78 is 96.2. The number of carbonyl (C=O) groups is 9. The van der Waals surface area contributed by atoms with Crippen molar-refractivity contribution < 1.29 is 220 Å². The van der Waals surface area contributed by atoms with E-state index in [1.54, 1.807) is 6.92 Å². The number of carboxylic acid groups (broad SMARTS) is 8. The van der Waals surface area contributed by atoms with Crippen molar-refractivity contribution in [1.82, 2.24) is 0 Å². The fourth-order valence-corrected chi connectivity index (χ4v) is 8.81. The lowest BCUT2D eigenvalue weighted by Gasteiger charge is -2.10. The van der Waals surface area contributed by atoms with E-state index in [0.717, 1.165) is 103 Å². The maximum absolute atomic E-state index is 10.6. The van der Waals surface area contributed by atoms with Crippen LogP contribution in [-0.2, 0) is 133 Å². The third-order valence-electron chi connectivity index (χ3n) is 16.5. The molecule has 0 aromatic heterocycles. The number of rotatable bonds is 92. The van der Waals surface area contributed by atoms with Gasteiger partial charge in [0.1, 0.15) is 31.2 Å². The van der Waals surface area contributed by atoms with Crippen molar-refractivity contribution in [1.29, 1.82) is 0 Å². The van der Waals surface area contributed by atoms with E-state index < -0.39 is 84.9 Å². The number of hydrogen-bond acceptors (Lipinski definition) is 37. The average molecular weight is 2010 g/mol. The molecule has 0 aliphatic rings. The average Bonchev–Trinajstić information content (AvgIpc) is 1.01. The van der Waals surface area contributed by atoms with E-state index in [-0.39, 0.29) is 141 Å². The fraction of sp³-hybridized carbons (Fsp3) is 0.902. The van der Waals surface area contributed by atoms with Crippen molar-refractivity contribution in [3.8, 4) is 0 Å². The molecule has 45 heteroatoms. The molecule has 822 valence electrons. The number of unbranched alkanes of at least 4 members (excludes halogenated alkanes) is 1. The van der Waals surface area contributed by atoms with Crippen LogP contribution in [-0.4, -0.2) is 446 Å². The minimum absolute atomic E-state index is 0.0115. The largest absolute Gasteiger partial charge is 0.481 e. The Morgan fingerprint density at radius 1 is 0.175 bits per heavy atom. The highest BCUT2D eigenvalue weighted by Crippen LogP contribution is 2.06. The van der Waals surface area contributed by atoms with Gasteiger partial charge in [-0.25, -0.2) is 9.59 Å². The number of ketones is 1. The van der Waals surface area contributed by atoms with Gasteiger partial charge in [0.05, 0.1) is 279 Å². The Kier molecular flexibility index (Phi) is 137. The molecule has 0 fully saturated rings. The van der Waals surface area contributed by atoms with Gasteiger partial charge in [0, 0.05) is 46.1 Å². The summed E-state index contributed by atoms with van der Waals surface area (Å²) in [6, 6.07) is 0. The Labute approximate surface area is 812 Å². The molecule has 0 aromatic rings. The third kappa shape index (κ3) is 167. The standard InChI is InChI=1S/C12H24O4.2C11H22O5.C10H20O6.3C10H20O5.2C9H18O5/c1-3-12(14)5-4-7-15-9-10-16-8-6-11(2)13;1-2-3-10(12)4-6-15-8-9-16-7-5-11(13)14;1-2-3-4-10(12)9-16-8-7-15-6-5-11(13)14;1-2-3-14-4-5-15-6-9(11)7-16-8-10(12)13;1-2-9(11)3-5-14-7-8-15-6-4-10(12)13;1-2-9(11)4-3-5-14-6-7-15-8-10(12)13;1-2-3-9(11)8-15-7-6-14-5-4-10(12)13;1-2-8(10)7-14-6-5-13-4-3-9(11)12;1-2-4-13-6-8(10)7-14-5-3-9(11)12/h12,14H,3-10H2,1-2H3;2*10,12H,2-9H2,1H3,(H,13,14);9,11H,2-8H2,1H3,(H,12,13);3*9,11H,2-8H2,1H3,(H,12,13);2*8,10H,2-7H2,1H3,(H,11,12). The Morgan fingerprint density at radius 3 is 0.701 bits per heavy atom. The summed E-state index contributed by atoms with van der Waals surface area (Å²) in [5, 5.41) is 150. The predicted molar refractivity (Wildman–Crippen MR) is 502 cm³/mol. The van der Waals surface area contributed by atoms with Crippen molar-refractivity contribution in [2.75, 3.05) is 251 Å². The smallest absolute Gasteiger partial charge is 0.329 e. The van der Waals surface area contributed by atoms with Gasteiger partial charge < -0.3 is 177 Å². The zero-order valence-electron chi connectivity index (χ0n) is 84.0. The summed E-state index contributed by atoms with van der Waals surface area (Å²) in [5.41, 5.74) is 0. The molecule has 0 aliphatic heterocycles. The van der Waals surface area contributed by atoms with Gasteiger partial charge in [-0.2, -0.15) is 0 Å². The van der Waals surface area contributed by atoms with E-state index in [1.807, 2.05) is 55.4 Å².